The molecule has 1 fully saturated rings. The average molecular weight is 212 g/mol. The number of rotatable bonds is 4. The third-order valence-corrected chi connectivity index (χ3v) is 3.54. The highest BCUT2D eigenvalue weighted by atomic mass is 16.2. The molecule has 0 aliphatic heterocycles. The van der Waals surface area contributed by atoms with Crippen molar-refractivity contribution in [2.75, 3.05) is 7.05 Å². The number of carbonyl (C=O) groups excluding carboxylic acids is 1. The standard InChI is InChI=1S/C12H24N2O/c1-4-10-7-5-6-8-11(10)14-9(2)12(15)13-3/h9-11,14H,4-8H2,1-3H3,(H,13,15). The van der Waals surface area contributed by atoms with Crippen LogP contribution < -0.4 is 10.6 Å². The molecule has 0 aromatic heterocycles. The molecule has 3 atom stereocenters. The van der Waals surface area contributed by atoms with Crippen molar-refractivity contribution in [2.45, 2.75) is 58.0 Å². The van der Waals surface area contributed by atoms with E-state index in [-0.39, 0.29) is 11.9 Å². The van der Waals surface area contributed by atoms with Crippen LogP contribution >= 0.6 is 0 Å². The van der Waals surface area contributed by atoms with Gasteiger partial charge in [0.15, 0.2) is 0 Å². The highest BCUT2D eigenvalue weighted by Gasteiger charge is 2.26. The minimum absolute atomic E-state index is 0.0628. The summed E-state index contributed by atoms with van der Waals surface area (Å²) in [4.78, 5) is 11.4. The van der Waals surface area contributed by atoms with Crippen molar-refractivity contribution in [3.8, 4) is 0 Å². The summed E-state index contributed by atoms with van der Waals surface area (Å²) in [6, 6.07) is 0.475. The maximum atomic E-state index is 11.4. The molecule has 0 spiro atoms. The number of likely N-dealkylation sites (N-methyl/N-ethyl adjacent to an activating group) is 1. The van der Waals surface area contributed by atoms with Gasteiger partial charge in [0.05, 0.1) is 6.04 Å². The van der Waals surface area contributed by atoms with Crippen molar-refractivity contribution in [3.05, 3.63) is 0 Å². The van der Waals surface area contributed by atoms with E-state index >= 15 is 0 Å². The second-order valence-corrected chi connectivity index (χ2v) is 4.56. The summed E-state index contributed by atoms with van der Waals surface area (Å²) in [5.74, 6) is 0.848. The minimum Gasteiger partial charge on any atom is -0.358 e. The second kappa shape index (κ2) is 6.11. The summed E-state index contributed by atoms with van der Waals surface area (Å²) in [7, 11) is 1.69. The molecule has 88 valence electrons. The first-order chi connectivity index (χ1) is 7.19. The van der Waals surface area contributed by atoms with Crippen LogP contribution in [0.4, 0.5) is 0 Å². The van der Waals surface area contributed by atoms with Crippen molar-refractivity contribution < 1.29 is 4.79 Å². The van der Waals surface area contributed by atoms with Gasteiger partial charge in [0.1, 0.15) is 0 Å². The van der Waals surface area contributed by atoms with Gasteiger partial charge >= 0.3 is 0 Å². The van der Waals surface area contributed by atoms with Crippen molar-refractivity contribution in [2.24, 2.45) is 5.92 Å². The van der Waals surface area contributed by atoms with Gasteiger partial charge in [-0.1, -0.05) is 26.2 Å². The van der Waals surface area contributed by atoms with Crippen LogP contribution in [0.25, 0.3) is 0 Å². The molecule has 0 aromatic carbocycles. The maximum absolute atomic E-state index is 11.4. The molecule has 0 radical (unpaired) electrons. The molecule has 3 nitrogen and oxygen atoms in total. The molecule has 0 saturated heterocycles. The van der Waals surface area contributed by atoms with Crippen LogP contribution in [0.1, 0.15) is 46.0 Å². The summed E-state index contributed by atoms with van der Waals surface area (Å²) in [5.41, 5.74) is 0. The van der Waals surface area contributed by atoms with E-state index in [0.717, 1.165) is 5.92 Å². The fraction of sp³-hybridized carbons (Fsp3) is 0.917. The summed E-state index contributed by atoms with van der Waals surface area (Å²) in [6.07, 6.45) is 6.41. The molecule has 15 heavy (non-hydrogen) atoms. The Hall–Kier alpha value is -0.570. The van der Waals surface area contributed by atoms with Crippen LogP contribution in [0.5, 0.6) is 0 Å². The number of amides is 1. The maximum Gasteiger partial charge on any atom is 0.236 e. The van der Waals surface area contributed by atoms with Crippen molar-refractivity contribution in [1.82, 2.24) is 10.6 Å². The van der Waals surface area contributed by atoms with Crippen LogP contribution in [0.2, 0.25) is 0 Å². The lowest BCUT2D eigenvalue weighted by atomic mass is 9.82. The highest BCUT2D eigenvalue weighted by Crippen LogP contribution is 2.26. The van der Waals surface area contributed by atoms with Gasteiger partial charge in [0.2, 0.25) is 5.91 Å². The first kappa shape index (κ1) is 12.5. The first-order valence-corrected chi connectivity index (χ1v) is 6.16. The van der Waals surface area contributed by atoms with Gasteiger partial charge in [-0.3, -0.25) is 4.79 Å². The summed E-state index contributed by atoms with van der Waals surface area (Å²) in [5, 5.41) is 6.14. The zero-order valence-corrected chi connectivity index (χ0v) is 10.2. The second-order valence-electron chi connectivity index (χ2n) is 4.56. The van der Waals surface area contributed by atoms with E-state index in [1.54, 1.807) is 7.05 Å². The Kier molecular flexibility index (Phi) is 5.09. The van der Waals surface area contributed by atoms with Crippen LogP contribution in [0.3, 0.4) is 0 Å². The fourth-order valence-corrected chi connectivity index (χ4v) is 2.53. The molecular weight excluding hydrogens is 188 g/mol. The third kappa shape index (κ3) is 3.49. The lowest BCUT2D eigenvalue weighted by molar-refractivity contribution is -0.122. The monoisotopic (exact) mass is 212 g/mol. The Balaban J connectivity index is 2.43. The smallest absolute Gasteiger partial charge is 0.236 e. The largest absolute Gasteiger partial charge is 0.358 e. The Morgan fingerprint density at radius 1 is 1.40 bits per heavy atom. The summed E-state index contributed by atoms with van der Waals surface area (Å²) >= 11 is 0. The molecule has 0 bridgehead atoms. The van der Waals surface area contributed by atoms with Gasteiger partial charge in [-0.2, -0.15) is 0 Å². The van der Waals surface area contributed by atoms with E-state index in [9.17, 15) is 4.79 Å². The lowest BCUT2D eigenvalue weighted by Gasteiger charge is -2.33. The van der Waals surface area contributed by atoms with Crippen molar-refractivity contribution in [1.29, 1.82) is 0 Å². The molecule has 0 heterocycles. The zero-order chi connectivity index (χ0) is 11.3. The molecule has 1 rings (SSSR count). The van der Waals surface area contributed by atoms with E-state index in [4.69, 9.17) is 0 Å². The van der Waals surface area contributed by atoms with E-state index in [0.29, 0.717) is 6.04 Å². The summed E-state index contributed by atoms with van der Waals surface area (Å²) in [6.45, 7) is 4.19. The molecule has 1 aliphatic carbocycles. The van der Waals surface area contributed by atoms with Gasteiger partial charge in [0.25, 0.3) is 0 Å². The average Bonchev–Trinajstić information content (AvgIpc) is 2.28. The van der Waals surface area contributed by atoms with Crippen LogP contribution in [0.15, 0.2) is 0 Å². The number of hydrogen-bond acceptors (Lipinski definition) is 2. The predicted octanol–water partition coefficient (Wildman–Crippen LogP) is 1.68. The van der Waals surface area contributed by atoms with Crippen molar-refractivity contribution >= 4 is 5.91 Å². The molecule has 1 amide bonds. The lowest BCUT2D eigenvalue weighted by Crippen LogP contribution is -2.49. The topological polar surface area (TPSA) is 41.1 Å². The number of nitrogens with one attached hydrogen (secondary N) is 2. The normalized spacial score (nSPS) is 28.5. The zero-order valence-electron chi connectivity index (χ0n) is 10.2. The molecule has 1 aliphatic rings. The van der Waals surface area contributed by atoms with Gasteiger partial charge in [-0.05, 0) is 25.7 Å². The Morgan fingerprint density at radius 2 is 2.07 bits per heavy atom. The van der Waals surface area contributed by atoms with Gasteiger partial charge < -0.3 is 10.6 Å². The highest BCUT2D eigenvalue weighted by molar-refractivity contribution is 5.80. The first-order valence-electron chi connectivity index (χ1n) is 6.16. The number of carbonyl (C=O) groups is 1. The molecular formula is C12H24N2O. The van der Waals surface area contributed by atoms with E-state index in [1.807, 2.05) is 6.92 Å². The third-order valence-electron chi connectivity index (χ3n) is 3.54. The summed E-state index contributed by atoms with van der Waals surface area (Å²) < 4.78 is 0. The predicted molar refractivity (Wildman–Crippen MR) is 62.7 cm³/mol. The Labute approximate surface area is 93.0 Å². The number of hydrogen-bond donors (Lipinski definition) is 2. The molecule has 1 saturated carbocycles. The van der Waals surface area contributed by atoms with Gasteiger partial charge in [0, 0.05) is 13.1 Å². The molecule has 0 aromatic rings. The van der Waals surface area contributed by atoms with E-state index in [2.05, 4.69) is 17.6 Å². The van der Waals surface area contributed by atoms with E-state index < -0.39 is 0 Å². The van der Waals surface area contributed by atoms with Gasteiger partial charge in [-0.25, -0.2) is 0 Å². The van der Waals surface area contributed by atoms with Crippen molar-refractivity contribution in [3.63, 3.8) is 0 Å². The molecule has 3 unspecified atom stereocenters. The fourth-order valence-electron chi connectivity index (χ4n) is 2.53. The molecule has 2 N–H and O–H groups in total. The van der Waals surface area contributed by atoms with Crippen LogP contribution in [-0.2, 0) is 4.79 Å². The van der Waals surface area contributed by atoms with Crippen LogP contribution in [0, 0.1) is 5.92 Å². The van der Waals surface area contributed by atoms with Gasteiger partial charge in [-0.15, -0.1) is 0 Å². The minimum atomic E-state index is -0.0628. The Morgan fingerprint density at radius 3 is 2.67 bits per heavy atom. The quantitative estimate of drug-likeness (QED) is 0.744. The van der Waals surface area contributed by atoms with E-state index in [1.165, 1.54) is 32.1 Å². The van der Waals surface area contributed by atoms with Crippen LogP contribution in [-0.4, -0.2) is 25.0 Å². The molecule has 3 heteroatoms. The Bertz CT molecular complexity index is 206. The SMILES string of the molecule is CCC1CCCCC1NC(C)C(=O)NC.